The van der Waals surface area contributed by atoms with Crippen molar-refractivity contribution in [3.8, 4) is 11.1 Å². The van der Waals surface area contributed by atoms with Crippen molar-refractivity contribution in [1.82, 2.24) is 14.8 Å². The SMILES string of the molecule is CC1CN(Cc2ccc(C(=O)N(C)CCOC(=O)N(c3ccccc3-c3ccccc3)N3CC[CH]CC3)cc2)CC(C)O1. The van der Waals surface area contributed by atoms with E-state index in [0.717, 1.165) is 62.4 Å². The highest BCUT2D eigenvalue weighted by Crippen LogP contribution is 2.33. The maximum atomic E-state index is 13.6. The molecule has 2 saturated heterocycles. The molecule has 2 heterocycles. The minimum absolute atomic E-state index is 0.0938. The minimum atomic E-state index is -0.442. The molecule has 1 radical (unpaired) electrons. The van der Waals surface area contributed by atoms with Gasteiger partial charge in [0.25, 0.3) is 5.91 Å². The normalized spacial score (nSPS) is 19.5. The Balaban J connectivity index is 1.20. The van der Waals surface area contributed by atoms with Gasteiger partial charge in [-0.1, -0.05) is 60.7 Å². The maximum absolute atomic E-state index is 13.6. The van der Waals surface area contributed by atoms with Crippen molar-refractivity contribution in [2.45, 2.75) is 45.4 Å². The summed E-state index contributed by atoms with van der Waals surface area (Å²) < 4.78 is 11.6. The van der Waals surface area contributed by atoms with Crippen LogP contribution in [0.25, 0.3) is 11.1 Å². The molecule has 2 aliphatic heterocycles. The number of likely N-dealkylation sites (N-methyl/N-ethyl adjacent to an activating group) is 1. The van der Waals surface area contributed by atoms with E-state index in [9.17, 15) is 9.59 Å². The van der Waals surface area contributed by atoms with Gasteiger partial charge in [0, 0.05) is 50.9 Å². The third kappa shape index (κ3) is 8.02. The van der Waals surface area contributed by atoms with Crippen LogP contribution in [0.4, 0.5) is 10.5 Å². The monoisotopic (exact) mass is 583 g/mol. The molecule has 3 aromatic carbocycles. The number of carbonyl (C=O) groups excluding carboxylic acids is 2. The molecule has 227 valence electrons. The molecule has 8 heteroatoms. The maximum Gasteiger partial charge on any atom is 0.429 e. The highest BCUT2D eigenvalue weighted by atomic mass is 16.6. The molecule has 0 N–H and O–H groups in total. The third-order valence-corrected chi connectivity index (χ3v) is 7.96. The van der Waals surface area contributed by atoms with Crippen LogP contribution in [0.2, 0.25) is 0 Å². The molecule has 5 rings (SSSR count). The fraction of sp³-hybridized carbons (Fsp3) is 0.400. The minimum Gasteiger partial charge on any atom is -0.446 e. The van der Waals surface area contributed by atoms with Crippen LogP contribution in [0.15, 0.2) is 78.9 Å². The van der Waals surface area contributed by atoms with Gasteiger partial charge in [0.2, 0.25) is 0 Å². The first kappa shape index (κ1) is 30.7. The van der Waals surface area contributed by atoms with E-state index in [1.165, 1.54) is 5.56 Å². The number of ether oxygens (including phenoxy) is 2. The lowest BCUT2D eigenvalue weighted by Gasteiger charge is -2.37. The quantitative estimate of drug-likeness (QED) is 0.313. The molecule has 2 atom stereocenters. The highest BCUT2D eigenvalue weighted by Gasteiger charge is 2.29. The summed E-state index contributed by atoms with van der Waals surface area (Å²) in [5.74, 6) is -0.103. The first-order chi connectivity index (χ1) is 20.9. The standard InChI is InChI=1S/C35H43N4O4/c1-27-24-37(25-28(2)43-27)26-29-16-18-31(19-17-29)34(40)36(3)22-23-42-35(41)39(38-20-10-5-11-21-38)33-15-9-8-14-32(33)30-12-6-4-7-13-30/h4-9,12-19,27-28H,10-11,20-26H2,1-3H3. The van der Waals surface area contributed by atoms with Crippen molar-refractivity contribution in [3.63, 3.8) is 0 Å². The summed E-state index contributed by atoms with van der Waals surface area (Å²) in [7, 11) is 1.74. The average molecular weight is 584 g/mol. The fourth-order valence-corrected chi connectivity index (χ4v) is 5.90. The molecule has 2 fully saturated rings. The number of nitrogens with zero attached hydrogens (tertiary/aromatic N) is 4. The Labute approximate surface area is 255 Å². The summed E-state index contributed by atoms with van der Waals surface area (Å²) in [5.41, 5.74) is 4.56. The Bertz CT molecular complexity index is 1330. The van der Waals surface area contributed by atoms with Gasteiger partial charge >= 0.3 is 6.09 Å². The lowest BCUT2D eigenvalue weighted by Crippen LogP contribution is -2.50. The van der Waals surface area contributed by atoms with E-state index in [-0.39, 0.29) is 31.3 Å². The summed E-state index contributed by atoms with van der Waals surface area (Å²) in [6.07, 6.45) is 4.05. The zero-order chi connectivity index (χ0) is 30.2. The van der Waals surface area contributed by atoms with E-state index in [2.05, 4.69) is 30.2 Å². The highest BCUT2D eigenvalue weighted by molar-refractivity contribution is 5.94. The second kappa shape index (κ2) is 14.6. The molecule has 8 nitrogen and oxygen atoms in total. The lowest BCUT2D eigenvalue weighted by atomic mass is 10.0. The molecule has 0 aliphatic carbocycles. The Hall–Kier alpha value is -3.72. The molecular weight excluding hydrogens is 540 g/mol. The number of anilines is 1. The van der Waals surface area contributed by atoms with Crippen molar-refractivity contribution in [2.24, 2.45) is 0 Å². The smallest absolute Gasteiger partial charge is 0.429 e. The number of benzene rings is 3. The summed E-state index contributed by atoms with van der Waals surface area (Å²) in [6, 6.07) is 25.8. The van der Waals surface area contributed by atoms with E-state index >= 15 is 0 Å². The molecule has 0 bridgehead atoms. The molecule has 3 aromatic rings. The second-order valence-electron chi connectivity index (χ2n) is 11.5. The van der Waals surface area contributed by atoms with Gasteiger partial charge in [-0.25, -0.2) is 14.8 Å². The molecule has 0 spiro atoms. The van der Waals surface area contributed by atoms with Gasteiger partial charge in [0.15, 0.2) is 0 Å². The molecule has 2 aliphatic rings. The topological polar surface area (TPSA) is 65.6 Å². The zero-order valence-electron chi connectivity index (χ0n) is 25.5. The number of morpholine rings is 1. The molecular formula is C35H43N4O4. The number of hydrogen-bond donors (Lipinski definition) is 0. The van der Waals surface area contributed by atoms with Gasteiger partial charge in [-0.3, -0.25) is 9.69 Å². The molecule has 43 heavy (non-hydrogen) atoms. The van der Waals surface area contributed by atoms with Crippen LogP contribution in [0.1, 0.15) is 42.6 Å². The van der Waals surface area contributed by atoms with Crippen LogP contribution in [0.5, 0.6) is 0 Å². The number of piperidine rings is 1. The van der Waals surface area contributed by atoms with Crippen LogP contribution < -0.4 is 5.01 Å². The zero-order valence-corrected chi connectivity index (χ0v) is 25.5. The van der Waals surface area contributed by atoms with Gasteiger partial charge in [-0.2, -0.15) is 0 Å². The van der Waals surface area contributed by atoms with E-state index < -0.39 is 6.09 Å². The Kier molecular flexibility index (Phi) is 10.5. The molecule has 2 unspecified atom stereocenters. The van der Waals surface area contributed by atoms with Crippen molar-refractivity contribution in [1.29, 1.82) is 0 Å². The summed E-state index contributed by atoms with van der Waals surface area (Å²) in [5, 5.41) is 3.73. The number of rotatable bonds is 9. The van der Waals surface area contributed by atoms with Crippen molar-refractivity contribution < 1.29 is 19.1 Å². The van der Waals surface area contributed by atoms with Gasteiger partial charge in [0.05, 0.1) is 24.4 Å². The first-order valence-electron chi connectivity index (χ1n) is 15.3. The van der Waals surface area contributed by atoms with Crippen LogP contribution in [0, 0.1) is 6.42 Å². The summed E-state index contributed by atoms with van der Waals surface area (Å²) in [6.45, 7) is 8.68. The number of hydrogen-bond acceptors (Lipinski definition) is 6. The number of carbonyl (C=O) groups is 2. The number of para-hydroxylation sites is 1. The van der Waals surface area contributed by atoms with Crippen LogP contribution in [-0.2, 0) is 16.0 Å². The van der Waals surface area contributed by atoms with E-state index in [1.807, 2.05) is 78.9 Å². The van der Waals surface area contributed by atoms with Crippen molar-refractivity contribution in [2.75, 3.05) is 51.4 Å². The number of amides is 2. The van der Waals surface area contributed by atoms with Gasteiger partial charge in [0.1, 0.15) is 6.61 Å². The predicted octanol–water partition coefficient (Wildman–Crippen LogP) is 5.89. The van der Waals surface area contributed by atoms with E-state index in [1.54, 1.807) is 17.0 Å². The summed E-state index contributed by atoms with van der Waals surface area (Å²) in [4.78, 5) is 30.8. The van der Waals surface area contributed by atoms with Crippen LogP contribution in [-0.4, -0.2) is 85.4 Å². The van der Waals surface area contributed by atoms with E-state index in [4.69, 9.17) is 9.47 Å². The van der Waals surface area contributed by atoms with Crippen LogP contribution >= 0.6 is 0 Å². The van der Waals surface area contributed by atoms with Gasteiger partial charge in [-0.05, 0) is 62.4 Å². The lowest BCUT2D eigenvalue weighted by molar-refractivity contribution is -0.0704. The Morgan fingerprint density at radius 1 is 0.884 bits per heavy atom. The van der Waals surface area contributed by atoms with Crippen molar-refractivity contribution in [3.05, 3.63) is 96.4 Å². The first-order valence-corrected chi connectivity index (χ1v) is 15.3. The third-order valence-electron chi connectivity index (χ3n) is 7.96. The second-order valence-corrected chi connectivity index (χ2v) is 11.5. The van der Waals surface area contributed by atoms with Crippen LogP contribution in [0.3, 0.4) is 0 Å². The molecule has 2 amide bonds. The average Bonchev–Trinajstić information content (AvgIpc) is 3.02. The Morgan fingerprint density at radius 2 is 1.53 bits per heavy atom. The van der Waals surface area contributed by atoms with Gasteiger partial charge < -0.3 is 14.4 Å². The summed E-state index contributed by atoms with van der Waals surface area (Å²) >= 11 is 0. The van der Waals surface area contributed by atoms with Gasteiger partial charge in [-0.15, -0.1) is 0 Å². The molecule has 0 saturated carbocycles. The van der Waals surface area contributed by atoms with Crippen molar-refractivity contribution >= 4 is 17.7 Å². The fourth-order valence-electron chi connectivity index (χ4n) is 5.90. The number of hydrazine groups is 1. The van der Waals surface area contributed by atoms with E-state index in [0.29, 0.717) is 5.56 Å². The predicted molar refractivity (Wildman–Crippen MR) is 170 cm³/mol. The Morgan fingerprint density at radius 3 is 2.23 bits per heavy atom. The molecule has 0 aromatic heterocycles. The largest absolute Gasteiger partial charge is 0.446 e.